The van der Waals surface area contributed by atoms with E-state index in [4.69, 9.17) is 10.5 Å². The van der Waals surface area contributed by atoms with E-state index in [1.165, 1.54) is 44.9 Å². The van der Waals surface area contributed by atoms with E-state index in [0.29, 0.717) is 0 Å². The van der Waals surface area contributed by atoms with Crippen molar-refractivity contribution in [2.75, 3.05) is 12.3 Å². The lowest BCUT2D eigenvalue weighted by Gasteiger charge is -2.06. The Bertz CT molecular complexity index is 508. The van der Waals surface area contributed by atoms with Crippen molar-refractivity contribution in [3.8, 4) is 5.75 Å². The monoisotopic (exact) mass is 315 g/mol. The highest BCUT2D eigenvalue weighted by Crippen LogP contribution is 2.14. The summed E-state index contributed by atoms with van der Waals surface area (Å²) in [6.45, 7) is 1.90. The van der Waals surface area contributed by atoms with Crippen molar-refractivity contribution in [2.24, 2.45) is 0 Å². The molecule has 4 heteroatoms. The highest BCUT2D eigenvalue weighted by atomic mass is 16.5. The van der Waals surface area contributed by atoms with E-state index in [1.54, 1.807) is 0 Å². The van der Waals surface area contributed by atoms with Gasteiger partial charge in [-0.05, 0) is 37.1 Å². The molecule has 2 rings (SSSR count). The fourth-order valence-electron chi connectivity index (χ4n) is 2.63. The number of nitrogens with two attached hydrogens (primary N) is 1. The number of hydrogen-bond donors (Lipinski definition) is 1. The second kappa shape index (κ2) is 10.7. The number of hydrogen-bond acceptors (Lipinski definition) is 3. The topological polar surface area (TPSA) is 53.1 Å². The molecule has 0 spiro atoms. The van der Waals surface area contributed by atoms with Crippen molar-refractivity contribution in [3.05, 3.63) is 43.0 Å². The van der Waals surface area contributed by atoms with Gasteiger partial charge in [0.1, 0.15) is 5.75 Å². The van der Waals surface area contributed by atoms with Crippen molar-refractivity contribution in [3.63, 3.8) is 0 Å². The van der Waals surface area contributed by atoms with Crippen molar-refractivity contribution < 1.29 is 4.74 Å². The average molecular weight is 315 g/mol. The zero-order valence-electron chi connectivity index (χ0n) is 14.0. The predicted molar refractivity (Wildman–Crippen MR) is 95.5 cm³/mol. The van der Waals surface area contributed by atoms with E-state index in [9.17, 15) is 0 Å². The minimum Gasteiger partial charge on any atom is -0.494 e. The van der Waals surface area contributed by atoms with E-state index < -0.39 is 0 Å². The number of nitrogens with zero attached hydrogens (tertiary/aromatic N) is 2. The Kier molecular flexibility index (Phi) is 8.09. The summed E-state index contributed by atoms with van der Waals surface area (Å²) in [5, 5.41) is 0. The molecule has 1 aromatic carbocycles. The number of rotatable bonds is 12. The molecule has 0 fully saturated rings. The van der Waals surface area contributed by atoms with Gasteiger partial charge in [-0.1, -0.05) is 38.5 Å². The van der Waals surface area contributed by atoms with E-state index in [2.05, 4.69) is 9.55 Å². The number of aromatic nitrogens is 2. The zero-order chi connectivity index (χ0) is 16.2. The molecule has 2 aromatic rings. The summed E-state index contributed by atoms with van der Waals surface area (Å²) >= 11 is 0. The smallest absolute Gasteiger partial charge is 0.119 e. The van der Waals surface area contributed by atoms with E-state index in [0.717, 1.165) is 31.0 Å². The summed E-state index contributed by atoms with van der Waals surface area (Å²) in [5.74, 6) is 0.914. The zero-order valence-corrected chi connectivity index (χ0v) is 14.0. The lowest BCUT2D eigenvalue weighted by Crippen LogP contribution is -1.97. The van der Waals surface area contributed by atoms with Crippen LogP contribution < -0.4 is 10.5 Å². The third-order valence-electron chi connectivity index (χ3n) is 4.02. The molecule has 0 radical (unpaired) electrons. The fraction of sp³-hybridized carbons (Fsp3) is 0.526. The lowest BCUT2D eigenvalue weighted by molar-refractivity contribution is 0.304. The molecule has 1 heterocycles. The van der Waals surface area contributed by atoms with Crippen LogP contribution in [0.2, 0.25) is 0 Å². The van der Waals surface area contributed by atoms with Gasteiger partial charge in [-0.25, -0.2) is 4.98 Å². The molecule has 1 aromatic heterocycles. The predicted octanol–water partition coefficient (Wildman–Crippen LogP) is 4.67. The van der Waals surface area contributed by atoms with E-state index >= 15 is 0 Å². The van der Waals surface area contributed by atoms with Gasteiger partial charge in [0.05, 0.1) is 12.9 Å². The van der Waals surface area contributed by atoms with Crippen LogP contribution in [0.3, 0.4) is 0 Å². The molecule has 23 heavy (non-hydrogen) atoms. The molecule has 0 saturated carbocycles. The number of imidazole rings is 1. The van der Waals surface area contributed by atoms with Crippen LogP contribution >= 0.6 is 0 Å². The van der Waals surface area contributed by atoms with Crippen LogP contribution in [0.5, 0.6) is 5.75 Å². The molecule has 0 amide bonds. The molecule has 126 valence electrons. The minimum absolute atomic E-state index is 0.780. The van der Waals surface area contributed by atoms with Gasteiger partial charge >= 0.3 is 0 Å². The summed E-state index contributed by atoms with van der Waals surface area (Å²) in [5.41, 5.74) is 6.42. The number of unbranched alkanes of at least 4 members (excludes halogenated alkanes) is 7. The molecule has 0 unspecified atom stereocenters. The van der Waals surface area contributed by atoms with Crippen molar-refractivity contribution in [1.29, 1.82) is 0 Å². The van der Waals surface area contributed by atoms with Crippen LogP contribution in [0, 0.1) is 0 Å². The van der Waals surface area contributed by atoms with Gasteiger partial charge in [0.2, 0.25) is 0 Å². The van der Waals surface area contributed by atoms with Gasteiger partial charge < -0.3 is 15.0 Å². The van der Waals surface area contributed by atoms with Crippen LogP contribution in [0.1, 0.15) is 51.4 Å². The average Bonchev–Trinajstić information content (AvgIpc) is 3.07. The van der Waals surface area contributed by atoms with Gasteiger partial charge in [-0.2, -0.15) is 0 Å². The molecule has 4 nitrogen and oxygen atoms in total. The summed E-state index contributed by atoms with van der Waals surface area (Å²) in [6.07, 6.45) is 16.1. The Morgan fingerprint density at radius 3 is 2.17 bits per heavy atom. The SMILES string of the molecule is Nc1ccc(OCCCCCCCCCCn2ccnc2)cc1. The Balaban J connectivity index is 1.35. The molecule has 0 saturated heterocycles. The molecule has 2 N–H and O–H groups in total. The molecule has 0 aliphatic heterocycles. The Morgan fingerprint density at radius 1 is 0.870 bits per heavy atom. The fourth-order valence-corrected chi connectivity index (χ4v) is 2.63. The third kappa shape index (κ3) is 7.73. The number of aryl methyl sites for hydroxylation is 1. The number of ether oxygens (including phenoxy) is 1. The second-order valence-electron chi connectivity index (χ2n) is 6.05. The first-order chi connectivity index (χ1) is 11.3. The standard InChI is InChI=1S/C19H29N3O/c20-18-9-11-19(12-10-18)23-16-8-6-4-2-1-3-5-7-14-22-15-13-21-17-22/h9-13,15,17H,1-8,14,16,20H2. The normalized spacial score (nSPS) is 10.8. The third-order valence-corrected chi connectivity index (χ3v) is 4.02. The Hall–Kier alpha value is -1.97. The van der Waals surface area contributed by atoms with Gasteiger partial charge in [-0.15, -0.1) is 0 Å². The summed E-state index contributed by atoms with van der Waals surface area (Å²) in [6, 6.07) is 7.61. The van der Waals surface area contributed by atoms with Gasteiger partial charge in [0.15, 0.2) is 0 Å². The highest BCUT2D eigenvalue weighted by molar-refractivity contribution is 5.41. The quantitative estimate of drug-likeness (QED) is 0.457. The van der Waals surface area contributed by atoms with Crippen molar-refractivity contribution >= 4 is 5.69 Å². The minimum atomic E-state index is 0.780. The second-order valence-corrected chi connectivity index (χ2v) is 6.05. The molecule has 0 aliphatic carbocycles. The number of anilines is 1. The van der Waals surface area contributed by atoms with Crippen molar-refractivity contribution in [1.82, 2.24) is 9.55 Å². The van der Waals surface area contributed by atoms with E-state index in [1.807, 2.05) is 43.0 Å². The van der Waals surface area contributed by atoms with Gasteiger partial charge in [0, 0.05) is 24.6 Å². The first-order valence-corrected chi connectivity index (χ1v) is 8.79. The maximum Gasteiger partial charge on any atom is 0.119 e. The first-order valence-electron chi connectivity index (χ1n) is 8.79. The van der Waals surface area contributed by atoms with Crippen LogP contribution in [-0.2, 0) is 6.54 Å². The molecular formula is C19H29N3O. The summed E-state index contributed by atoms with van der Waals surface area (Å²) < 4.78 is 7.85. The first kappa shape index (κ1) is 17.4. The Morgan fingerprint density at radius 2 is 1.52 bits per heavy atom. The van der Waals surface area contributed by atoms with Crippen molar-refractivity contribution in [2.45, 2.75) is 57.9 Å². The van der Waals surface area contributed by atoms with Crippen LogP contribution in [0.4, 0.5) is 5.69 Å². The maximum atomic E-state index is 5.69. The van der Waals surface area contributed by atoms with Crippen LogP contribution in [-0.4, -0.2) is 16.2 Å². The Labute approximate surface area is 139 Å². The molecule has 0 atom stereocenters. The summed E-state index contributed by atoms with van der Waals surface area (Å²) in [4.78, 5) is 4.06. The maximum absolute atomic E-state index is 5.69. The summed E-state index contributed by atoms with van der Waals surface area (Å²) in [7, 11) is 0. The molecule has 0 aliphatic rings. The highest BCUT2D eigenvalue weighted by Gasteiger charge is 1.96. The lowest BCUT2D eigenvalue weighted by atomic mass is 10.1. The van der Waals surface area contributed by atoms with Crippen LogP contribution in [0.25, 0.3) is 0 Å². The number of nitrogen functional groups attached to an aromatic ring is 1. The number of benzene rings is 1. The van der Waals surface area contributed by atoms with E-state index in [-0.39, 0.29) is 0 Å². The molecular weight excluding hydrogens is 286 g/mol. The molecule has 0 bridgehead atoms. The van der Waals surface area contributed by atoms with Gasteiger partial charge in [0.25, 0.3) is 0 Å². The largest absolute Gasteiger partial charge is 0.494 e. The van der Waals surface area contributed by atoms with Crippen LogP contribution in [0.15, 0.2) is 43.0 Å². The van der Waals surface area contributed by atoms with Gasteiger partial charge in [-0.3, -0.25) is 0 Å².